The molecule has 0 bridgehead atoms. The summed E-state index contributed by atoms with van der Waals surface area (Å²) in [6.07, 6.45) is 2.04. The van der Waals surface area contributed by atoms with E-state index in [1.54, 1.807) is 6.07 Å². The van der Waals surface area contributed by atoms with Crippen molar-refractivity contribution < 1.29 is 8.83 Å². The molecule has 2 aromatic rings. The van der Waals surface area contributed by atoms with Gasteiger partial charge in [-0.2, -0.15) is 5.26 Å². The molecular weight excluding hydrogens is 264 g/mol. The molecule has 4 heteroatoms. The van der Waals surface area contributed by atoms with Crippen LogP contribution < -0.4 is 5.32 Å². The number of hydrogen-bond donors (Lipinski definition) is 1. The first kappa shape index (κ1) is 14.0. The van der Waals surface area contributed by atoms with Crippen LogP contribution in [0.3, 0.4) is 0 Å². The zero-order valence-electron chi connectivity index (χ0n) is 12.7. The van der Waals surface area contributed by atoms with Gasteiger partial charge in [-0.25, -0.2) is 0 Å². The number of nitrogens with zero attached hydrogens (tertiary/aromatic N) is 1. The van der Waals surface area contributed by atoms with Crippen LogP contribution in [0.2, 0.25) is 0 Å². The van der Waals surface area contributed by atoms with Crippen molar-refractivity contribution in [3.05, 3.63) is 46.8 Å². The first-order valence-corrected chi connectivity index (χ1v) is 7.28. The summed E-state index contributed by atoms with van der Waals surface area (Å²) in [6.45, 7) is 7.15. The minimum Gasteiger partial charge on any atom is -0.466 e. The molecule has 2 heterocycles. The predicted octanol–water partition coefficient (Wildman–Crippen LogP) is 3.86. The van der Waals surface area contributed by atoms with Crippen molar-refractivity contribution in [3.63, 3.8) is 0 Å². The zero-order valence-corrected chi connectivity index (χ0v) is 12.7. The van der Waals surface area contributed by atoms with E-state index >= 15 is 0 Å². The van der Waals surface area contributed by atoms with E-state index in [4.69, 9.17) is 14.1 Å². The molecule has 2 aromatic heterocycles. The molecule has 3 rings (SSSR count). The third kappa shape index (κ3) is 2.88. The van der Waals surface area contributed by atoms with Crippen LogP contribution in [0.4, 0.5) is 0 Å². The lowest BCUT2D eigenvalue weighted by Crippen LogP contribution is -2.32. The highest BCUT2D eigenvalue weighted by molar-refractivity contribution is 5.29. The Hall–Kier alpha value is -1.99. The smallest absolute Gasteiger partial charge is 0.203 e. The van der Waals surface area contributed by atoms with Crippen molar-refractivity contribution in [1.82, 2.24) is 5.32 Å². The maximum absolute atomic E-state index is 8.79. The highest BCUT2D eigenvalue weighted by Gasteiger charge is 2.34. The molecule has 1 aliphatic carbocycles. The standard InChI is InChI=1S/C17H20N2O2/c1-11-6-14-15(7-17(2,3)8-16(14)20-11)19-10-13-5-4-12(9-18)21-13/h4-6,15,19H,7-8,10H2,1-3H3. The Morgan fingerprint density at radius 2 is 2.19 bits per heavy atom. The molecule has 1 unspecified atom stereocenters. The summed E-state index contributed by atoms with van der Waals surface area (Å²) in [7, 11) is 0. The molecule has 0 fully saturated rings. The van der Waals surface area contributed by atoms with E-state index < -0.39 is 0 Å². The van der Waals surface area contributed by atoms with Crippen LogP contribution >= 0.6 is 0 Å². The summed E-state index contributed by atoms with van der Waals surface area (Å²) in [6, 6.07) is 7.95. The van der Waals surface area contributed by atoms with Crippen LogP contribution in [0.1, 0.15) is 54.9 Å². The molecule has 21 heavy (non-hydrogen) atoms. The molecule has 0 aliphatic heterocycles. The molecule has 1 atom stereocenters. The third-order valence-electron chi connectivity index (χ3n) is 4.03. The van der Waals surface area contributed by atoms with E-state index in [2.05, 4.69) is 25.2 Å². The average Bonchev–Trinajstić information content (AvgIpc) is 3.00. The third-order valence-corrected chi connectivity index (χ3v) is 4.03. The van der Waals surface area contributed by atoms with Gasteiger partial charge >= 0.3 is 0 Å². The maximum Gasteiger partial charge on any atom is 0.203 e. The van der Waals surface area contributed by atoms with Crippen LogP contribution in [0, 0.1) is 23.7 Å². The first-order chi connectivity index (χ1) is 9.97. The fourth-order valence-corrected chi connectivity index (χ4v) is 3.12. The fraction of sp³-hybridized carbons (Fsp3) is 0.471. The molecule has 0 saturated heterocycles. The van der Waals surface area contributed by atoms with Gasteiger partial charge in [-0.05, 0) is 37.0 Å². The lowest BCUT2D eigenvalue weighted by molar-refractivity contribution is 0.231. The van der Waals surface area contributed by atoms with Crippen molar-refractivity contribution in [2.75, 3.05) is 0 Å². The molecule has 0 aromatic carbocycles. The van der Waals surface area contributed by atoms with E-state index in [0.717, 1.165) is 30.1 Å². The second kappa shape index (κ2) is 5.09. The van der Waals surface area contributed by atoms with Gasteiger partial charge < -0.3 is 14.2 Å². The van der Waals surface area contributed by atoms with Crippen molar-refractivity contribution in [2.45, 2.75) is 46.2 Å². The molecule has 1 N–H and O–H groups in total. The van der Waals surface area contributed by atoms with Crippen LogP contribution in [-0.2, 0) is 13.0 Å². The van der Waals surface area contributed by atoms with Crippen LogP contribution in [0.5, 0.6) is 0 Å². The number of hydrogen-bond acceptors (Lipinski definition) is 4. The Bertz CT molecular complexity index is 688. The van der Waals surface area contributed by atoms with Gasteiger partial charge in [0.1, 0.15) is 23.3 Å². The number of rotatable bonds is 3. The van der Waals surface area contributed by atoms with Gasteiger partial charge in [0.25, 0.3) is 0 Å². The Morgan fingerprint density at radius 1 is 1.38 bits per heavy atom. The monoisotopic (exact) mass is 284 g/mol. The molecule has 1 aliphatic rings. The van der Waals surface area contributed by atoms with E-state index in [1.165, 1.54) is 5.56 Å². The second-order valence-corrected chi connectivity index (χ2v) is 6.59. The topological polar surface area (TPSA) is 62.1 Å². The lowest BCUT2D eigenvalue weighted by Gasteiger charge is -2.34. The van der Waals surface area contributed by atoms with E-state index in [-0.39, 0.29) is 11.5 Å². The summed E-state index contributed by atoms with van der Waals surface area (Å²) < 4.78 is 11.3. The Kier molecular flexibility index (Phi) is 3.38. The number of nitrogens with one attached hydrogen (secondary N) is 1. The Labute approximate surface area is 124 Å². The lowest BCUT2D eigenvalue weighted by atomic mass is 9.74. The van der Waals surface area contributed by atoms with Crippen LogP contribution in [0.25, 0.3) is 0 Å². The van der Waals surface area contributed by atoms with Gasteiger partial charge in [0.15, 0.2) is 0 Å². The quantitative estimate of drug-likeness (QED) is 0.929. The van der Waals surface area contributed by atoms with Crippen molar-refractivity contribution in [3.8, 4) is 6.07 Å². The summed E-state index contributed by atoms with van der Waals surface area (Å²) in [4.78, 5) is 0. The van der Waals surface area contributed by atoms with Gasteiger partial charge in [0.2, 0.25) is 5.76 Å². The van der Waals surface area contributed by atoms with Gasteiger partial charge in [-0.3, -0.25) is 0 Å². The fourth-order valence-electron chi connectivity index (χ4n) is 3.12. The Balaban J connectivity index is 1.77. The molecule has 4 nitrogen and oxygen atoms in total. The average molecular weight is 284 g/mol. The molecule has 0 saturated carbocycles. The molecule has 0 radical (unpaired) electrons. The summed E-state index contributed by atoms with van der Waals surface area (Å²) in [5, 5.41) is 12.3. The van der Waals surface area contributed by atoms with Crippen molar-refractivity contribution >= 4 is 0 Å². The maximum atomic E-state index is 8.79. The minimum absolute atomic E-state index is 0.218. The van der Waals surface area contributed by atoms with E-state index in [9.17, 15) is 0 Å². The van der Waals surface area contributed by atoms with Crippen LogP contribution in [0.15, 0.2) is 27.0 Å². The highest BCUT2D eigenvalue weighted by Crippen LogP contribution is 2.42. The molecule has 0 spiro atoms. The molecule has 0 amide bonds. The molecular formula is C17H20N2O2. The van der Waals surface area contributed by atoms with Crippen molar-refractivity contribution in [2.24, 2.45) is 5.41 Å². The number of furan rings is 2. The predicted molar refractivity (Wildman–Crippen MR) is 78.6 cm³/mol. The Morgan fingerprint density at radius 3 is 2.90 bits per heavy atom. The SMILES string of the molecule is Cc1cc2c(o1)CC(C)(C)CC2NCc1ccc(C#N)o1. The number of nitriles is 1. The van der Waals surface area contributed by atoms with Gasteiger partial charge in [0, 0.05) is 18.0 Å². The molecule has 110 valence electrons. The van der Waals surface area contributed by atoms with Gasteiger partial charge in [-0.1, -0.05) is 13.8 Å². The summed E-state index contributed by atoms with van der Waals surface area (Å²) >= 11 is 0. The number of fused-ring (bicyclic) bond motifs is 1. The van der Waals surface area contributed by atoms with Gasteiger partial charge in [-0.15, -0.1) is 0 Å². The minimum atomic E-state index is 0.218. The van der Waals surface area contributed by atoms with E-state index in [1.807, 2.05) is 19.1 Å². The van der Waals surface area contributed by atoms with Crippen molar-refractivity contribution in [1.29, 1.82) is 5.26 Å². The number of aryl methyl sites for hydroxylation is 1. The highest BCUT2D eigenvalue weighted by atomic mass is 16.3. The zero-order chi connectivity index (χ0) is 15.0. The summed E-state index contributed by atoms with van der Waals surface area (Å²) in [5.74, 6) is 3.21. The van der Waals surface area contributed by atoms with Crippen LogP contribution in [-0.4, -0.2) is 0 Å². The first-order valence-electron chi connectivity index (χ1n) is 7.28. The normalized spacial score (nSPS) is 20.0. The van der Waals surface area contributed by atoms with Gasteiger partial charge in [0.05, 0.1) is 6.54 Å². The largest absolute Gasteiger partial charge is 0.466 e. The second-order valence-electron chi connectivity index (χ2n) is 6.59. The summed E-state index contributed by atoms with van der Waals surface area (Å²) in [5.41, 5.74) is 1.48. The van der Waals surface area contributed by atoms with E-state index in [0.29, 0.717) is 12.3 Å².